The van der Waals surface area contributed by atoms with E-state index in [1.54, 1.807) is 0 Å². The maximum absolute atomic E-state index is 12.5. The fraction of sp³-hybridized carbons (Fsp3) is 0.667. The van der Waals surface area contributed by atoms with Gasteiger partial charge in [0.15, 0.2) is 18.3 Å². The SMILES string of the molecule is CC(=O)O[C@@H]1[C@H](OC(C)=O)[C@H](OC(C)=O)CN2C(=O)[C@@H](OC(C)=O)S[C@@H]12. The summed E-state index contributed by atoms with van der Waals surface area (Å²) in [5, 5.41) is -0.757. The largest absolute Gasteiger partial charge is 0.457 e. The predicted molar refractivity (Wildman–Crippen MR) is 85.3 cm³/mol. The summed E-state index contributed by atoms with van der Waals surface area (Å²) in [6.07, 6.45) is -3.22. The minimum Gasteiger partial charge on any atom is -0.457 e. The minimum absolute atomic E-state index is 0.0937. The Bertz CT molecular complexity index is 637. The van der Waals surface area contributed by atoms with Crippen molar-refractivity contribution in [2.45, 2.75) is 56.8 Å². The van der Waals surface area contributed by atoms with Crippen LogP contribution in [-0.4, -0.2) is 70.4 Å². The van der Waals surface area contributed by atoms with Crippen molar-refractivity contribution in [1.29, 1.82) is 0 Å². The second kappa shape index (κ2) is 7.94. The van der Waals surface area contributed by atoms with Gasteiger partial charge in [0.25, 0.3) is 5.91 Å². The maximum Gasteiger partial charge on any atom is 0.304 e. The van der Waals surface area contributed by atoms with Crippen molar-refractivity contribution in [2.75, 3.05) is 6.54 Å². The summed E-state index contributed by atoms with van der Waals surface area (Å²) in [4.78, 5) is 59.4. The minimum atomic E-state index is -1.12. The lowest BCUT2D eigenvalue weighted by atomic mass is 10.0. The van der Waals surface area contributed by atoms with Crippen LogP contribution < -0.4 is 0 Å². The average Bonchev–Trinajstić information content (AvgIpc) is 2.77. The van der Waals surface area contributed by atoms with Gasteiger partial charge in [-0.25, -0.2) is 0 Å². The van der Waals surface area contributed by atoms with Crippen molar-refractivity contribution in [3.63, 3.8) is 0 Å². The van der Waals surface area contributed by atoms with Gasteiger partial charge in [0, 0.05) is 27.7 Å². The molecule has 10 nitrogen and oxygen atoms in total. The van der Waals surface area contributed by atoms with E-state index in [2.05, 4.69) is 0 Å². The highest BCUT2D eigenvalue weighted by Crippen LogP contribution is 2.41. The van der Waals surface area contributed by atoms with E-state index in [0.29, 0.717) is 0 Å². The normalized spacial score (nSPS) is 30.2. The molecule has 0 aromatic rings. The van der Waals surface area contributed by atoms with Gasteiger partial charge in [-0.15, -0.1) is 0 Å². The molecule has 0 radical (unpaired) electrons. The second-order valence-corrected chi connectivity index (χ2v) is 6.94. The van der Waals surface area contributed by atoms with Crippen LogP contribution >= 0.6 is 11.8 Å². The summed E-state index contributed by atoms with van der Waals surface area (Å²) in [5.74, 6) is -3.15. The Kier molecular flexibility index (Phi) is 6.11. The third kappa shape index (κ3) is 4.45. The van der Waals surface area contributed by atoms with Crippen LogP contribution in [0.5, 0.6) is 0 Å². The lowest BCUT2D eigenvalue weighted by Crippen LogP contribution is -2.62. The number of piperidine rings is 1. The van der Waals surface area contributed by atoms with Crippen molar-refractivity contribution < 1.29 is 42.9 Å². The Hall–Kier alpha value is -2.30. The summed E-state index contributed by atoms with van der Waals surface area (Å²) in [6.45, 7) is 4.56. The Morgan fingerprint density at radius 1 is 0.846 bits per heavy atom. The molecule has 2 heterocycles. The van der Waals surface area contributed by atoms with Crippen LogP contribution in [0.2, 0.25) is 0 Å². The molecule has 2 fully saturated rings. The Morgan fingerprint density at radius 2 is 1.35 bits per heavy atom. The van der Waals surface area contributed by atoms with Gasteiger partial charge in [0.2, 0.25) is 5.44 Å². The smallest absolute Gasteiger partial charge is 0.304 e. The van der Waals surface area contributed by atoms with Crippen molar-refractivity contribution in [1.82, 2.24) is 4.90 Å². The monoisotopic (exact) mass is 389 g/mol. The summed E-state index contributed by atoms with van der Waals surface area (Å²) in [5.41, 5.74) is -1.12. The zero-order valence-corrected chi connectivity index (χ0v) is 15.4. The Balaban J connectivity index is 2.36. The first-order valence-corrected chi connectivity index (χ1v) is 8.69. The van der Waals surface area contributed by atoms with Crippen LogP contribution in [0, 0.1) is 0 Å². The fourth-order valence-corrected chi connectivity index (χ4v) is 4.24. The number of esters is 4. The molecule has 5 atom stereocenters. The van der Waals surface area contributed by atoms with E-state index in [-0.39, 0.29) is 6.54 Å². The molecule has 2 rings (SSSR count). The van der Waals surface area contributed by atoms with E-state index in [4.69, 9.17) is 18.9 Å². The number of rotatable bonds is 4. The summed E-state index contributed by atoms with van der Waals surface area (Å²) >= 11 is 0.957. The summed E-state index contributed by atoms with van der Waals surface area (Å²) < 4.78 is 20.6. The molecule has 11 heteroatoms. The average molecular weight is 389 g/mol. The molecule has 0 aromatic carbocycles. The number of fused-ring (bicyclic) bond motifs is 1. The van der Waals surface area contributed by atoms with Gasteiger partial charge in [-0.3, -0.25) is 24.0 Å². The zero-order chi connectivity index (χ0) is 19.6. The molecule has 144 valence electrons. The number of ether oxygens (including phenoxy) is 4. The molecule has 0 aliphatic carbocycles. The van der Waals surface area contributed by atoms with Crippen LogP contribution in [-0.2, 0) is 42.9 Å². The maximum atomic E-state index is 12.5. The molecule has 0 saturated carbocycles. The number of carbonyl (C=O) groups excluding carboxylic acids is 5. The van der Waals surface area contributed by atoms with Crippen molar-refractivity contribution >= 4 is 41.5 Å². The van der Waals surface area contributed by atoms with E-state index in [1.807, 2.05) is 0 Å². The molecule has 1 amide bonds. The summed E-state index contributed by atoms with van der Waals surface area (Å²) in [7, 11) is 0. The van der Waals surface area contributed by atoms with Crippen LogP contribution in [0.3, 0.4) is 0 Å². The van der Waals surface area contributed by atoms with Crippen molar-refractivity contribution in [3.8, 4) is 0 Å². The number of carbonyl (C=O) groups is 5. The zero-order valence-electron chi connectivity index (χ0n) is 14.6. The first kappa shape index (κ1) is 20.0. The van der Waals surface area contributed by atoms with Crippen LogP contribution in [0.4, 0.5) is 0 Å². The first-order chi connectivity index (χ1) is 12.1. The lowest BCUT2D eigenvalue weighted by molar-refractivity contribution is -0.198. The molecular formula is C15H19NO9S. The van der Waals surface area contributed by atoms with Crippen LogP contribution in [0.15, 0.2) is 0 Å². The van der Waals surface area contributed by atoms with Crippen molar-refractivity contribution in [3.05, 3.63) is 0 Å². The number of nitrogens with zero attached hydrogens (tertiary/aromatic N) is 1. The number of hydrogen-bond acceptors (Lipinski definition) is 10. The predicted octanol–water partition coefficient (Wildman–Crippen LogP) is -0.414. The molecule has 2 aliphatic rings. The quantitative estimate of drug-likeness (QED) is 0.462. The molecule has 0 aromatic heterocycles. The van der Waals surface area contributed by atoms with Gasteiger partial charge in [0.05, 0.1) is 6.54 Å². The standard InChI is InChI=1S/C15H19NO9S/c1-6(17)22-10-5-16-13(21)15(25-9(4)20)26-14(16)12(24-8(3)19)11(10)23-7(2)18/h10-12,14-15H,5H2,1-4H3/t10-,11-,12-,14+,15+/m1/s1. The molecule has 0 spiro atoms. The van der Waals surface area contributed by atoms with E-state index in [0.717, 1.165) is 32.5 Å². The van der Waals surface area contributed by atoms with E-state index in [1.165, 1.54) is 11.8 Å². The van der Waals surface area contributed by atoms with Gasteiger partial charge in [0.1, 0.15) is 5.37 Å². The lowest BCUT2D eigenvalue weighted by Gasteiger charge is -2.43. The Morgan fingerprint density at radius 3 is 1.85 bits per heavy atom. The van der Waals surface area contributed by atoms with E-state index < -0.39 is 58.9 Å². The molecule has 0 unspecified atom stereocenters. The highest BCUT2D eigenvalue weighted by molar-refractivity contribution is 8.01. The van der Waals surface area contributed by atoms with Gasteiger partial charge >= 0.3 is 23.9 Å². The third-order valence-corrected chi connectivity index (χ3v) is 4.94. The van der Waals surface area contributed by atoms with Crippen LogP contribution in [0.1, 0.15) is 27.7 Å². The molecule has 0 N–H and O–H groups in total. The van der Waals surface area contributed by atoms with Gasteiger partial charge in [-0.05, 0) is 0 Å². The molecule has 2 aliphatic heterocycles. The molecular weight excluding hydrogens is 370 g/mol. The van der Waals surface area contributed by atoms with E-state index >= 15 is 0 Å². The third-order valence-electron chi connectivity index (χ3n) is 3.60. The number of hydrogen-bond donors (Lipinski definition) is 0. The molecule has 0 bridgehead atoms. The fourth-order valence-electron chi connectivity index (χ4n) is 2.84. The highest BCUT2D eigenvalue weighted by atomic mass is 32.2. The molecule has 26 heavy (non-hydrogen) atoms. The van der Waals surface area contributed by atoms with Crippen molar-refractivity contribution in [2.24, 2.45) is 0 Å². The highest BCUT2D eigenvalue weighted by Gasteiger charge is 2.57. The topological polar surface area (TPSA) is 126 Å². The number of amides is 1. The summed E-state index contributed by atoms with van der Waals surface area (Å²) in [6, 6.07) is 0. The Labute approximate surface area is 153 Å². The van der Waals surface area contributed by atoms with Gasteiger partial charge in [-0.2, -0.15) is 0 Å². The van der Waals surface area contributed by atoms with Crippen LogP contribution in [0.25, 0.3) is 0 Å². The number of thioether (sulfide) groups is 1. The van der Waals surface area contributed by atoms with E-state index in [9.17, 15) is 24.0 Å². The van der Waals surface area contributed by atoms with Gasteiger partial charge in [-0.1, -0.05) is 11.8 Å². The second-order valence-electron chi connectivity index (χ2n) is 5.75. The molecule has 2 saturated heterocycles. The van der Waals surface area contributed by atoms with Gasteiger partial charge < -0.3 is 23.8 Å². The first-order valence-electron chi connectivity index (χ1n) is 7.75.